The third-order valence-corrected chi connectivity index (χ3v) is 6.08. The van der Waals surface area contributed by atoms with Crippen LogP contribution in [0.2, 0.25) is 0 Å². The van der Waals surface area contributed by atoms with E-state index in [2.05, 4.69) is 17.0 Å². The minimum Gasteiger partial charge on any atom is -0.391 e. The van der Waals surface area contributed by atoms with E-state index < -0.39 is 28.1 Å². The van der Waals surface area contributed by atoms with Gasteiger partial charge in [-0.05, 0) is 50.5 Å². The molecule has 7 heteroatoms. The number of sulfonamides is 1. The highest BCUT2D eigenvalue weighted by Crippen LogP contribution is 2.15. The number of hydrogen-bond acceptors (Lipinski definition) is 4. The summed E-state index contributed by atoms with van der Waals surface area (Å²) >= 11 is 0. The maximum absolute atomic E-state index is 12.7. The monoisotopic (exact) mass is 404 g/mol. The molecule has 2 aromatic rings. The molecule has 0 aliphatic carbocycles. The van der Waals surface area contributed by atoms with Crippen molar-refractivity contribution >= 4 is 15.9 Å². The highest BCUT2D eigenvalue weighted by molar-refractivity contribution is 7.89. The van der Waals surface area contributed by atoms with Crippen molar-refractivity contribution in [1.29, 1.82) is 0 Å². The van der Waals surface area contributed by atoms with E-state index in [1.54, 1.807) is 12.1 Å². The highest BCUT2D eigenvalue weighted by Gasteiger charge is 2.30. The summed E-state index contributed by atoms with van der Waals surface area (Å²) in [5, 5.41) is 12.8. The van der Waals surface area contributed by atoms with Gasteiger partial charge in [-0.15, -0.1) is 0 Å². The lowest BCUT2D eigenvalue weighted by molar-refractivity contribution is -0.125. The van der Waals surface area contributed by atoms with E-state index in [0.29, 0.717) is 0 Å². The molecular weight excluding hydrogens is 376 g/mol. The molecule has 3 unspecified atom stereocenters. The maximum atomic E-state index is 12.7. The Labute approximate surface area is 167 Å². The molecule has 6 nitrogen and oxygen atoms in total. The van der Waals surface area contributed by atoms with Crippen molar-refractivity contribution in [2.45, 2.75) is 57.2 Å². The summed E-state index contributed by atoms with van der Waals surface area (Å²) in [5.41, 5.74) is 3.01. The lowest BCUT2D eigenvalue weighted by Gasteiger charge is -2.23. The van der Waals surface area contributed by atoms with Gasteiger partial charge in [-0.2, -0.15) is 4.72 Å². The summed E-state index contributed by atoms with van der Waals surface area (Å²) in [6.07, 6.45) is -0.277. The van der Waals surface area contributed by atoms with Gasteiger partial charge in [0.1, 0.15) is 6.04 Å². The molecule has 3 atom stereocenters. The molecule has 2 aromatic carbocycles. The van der Waals surface area contributed by atoms with E-state index in [-0.39, 0.29) is 10.9 Å². The first kappa shape index (κ1) is 22.1. The zero-order valence-electron chi connectivity index (χ0n) is 16.6. The van der Waals surface area contributed by atoms with Crippen molar-refractivity contribution < 1.29 is 18.3 Å². The Kier molecular flexibility index (Phi) is 7.35. The van der Waals surface area contributed by atoms with E-state index in [9.17, 15) is 18.3 Å². The van der Waals surface area contributed by atoms with Crippen LogP contribution in [0.15, 0.2) is 53.4 Å². The van der Waals surface area contributed by atoms with Crippen molar-refractivity contribution in [1.82, 2.24) is 10.0 Å². The zero-order valence-corrected chi connectivity index (χ0v) is 17.5. The molecule has 0 fully saturated rings. The lowest BCUT2D eigenvalue weighted by Crippen LogP contribution is -2.52. The number of rotatable bonds is 8. The molecule has 0 spiro atoms. The zero-order chi connectivity index (χ0) is 20.9. The second-order valence-electron chi connectivity index (χ2n) is 6.98. The number of benzene rings is 2. The average molecular weight is 405 g/mol. The predicted molar refractivity (Wildman–Crippen MR) is 109 cm³/mol. The second-order valence-corrected chi connectivity index (χ2v) is 8.69. The highest BCUT2D eigenvalue weighted by atomic mass is 32.2. The Bertz CT molecular complexity index is 891. The summed E-state index contributed by atoms with van der Waals surface area (Å²) in [6, 6.07) is 12.5. The minimum atomic E-state index is -3.95. The van der Waals surface area contributed by atoms with Gasteiger partial charge in [-0.25, -0.2) is 8.42 Å². The van der Waals surface area contributed by atoms with Gasteiger partial charge >= 0.3 is 0 Å². The molecule has 0 heterocycles. The topological polar surface area (TPSA) is 95.5 Å². The van der Waals surface area contributed by atoms with Crippen LogP contribution in [0, 0.1) is 6.92 Å². The normalized spacial score (nSPS) is 14.9. The predicted octanol–water partition coefficient (Wildman–Crippen LogP) is 2.46. The van der Waals surface area contributed by atoms with Crippen LogP contribution in [-0.2, 0) is 21.2 Å². The molecule has 0 saturated heterocycles. The minimum absolute atomic E-state index is 0.0414. The van der Waals surface area contributed by atoms with Crippen molar-refractivity contribution in [3.63, 3.8) is 0 Å². The SMILES string of the molecule is CCc1ccc(C(C)NC(=O)C(NS(=O)(=O)c2ccc(C)cc2)C(C)O)cc1. The fraction of sp³-hybridized carbons (Fsp3) is 0.381. The maximum Gasteiger partial charge on any atom is 0.241 e. The van der Waals surface area contributed by atoms with E-state index >= 15 is 0 Å². The van der Waals surface area contributed by atoms with Crippen LogP contribution < -0.4 is 10.0 Å². The molecule has 3 N–H and O–H groups in total. The molecule has 0 aromatic heterocycles. The van der Waals surface area contributed by atoms with Crippen LogP contribution in [0.3, 0.4) is 0 Å². The average Bonchev–Trinajstić information content (AvgIpc) is 2.66. The summed E-state index contributed by atoms with van der Waals surface area (Å²) in [5.74, 6) is -0.585. The Balaban J connectivity index is 2.13. The number of aryl methyl sites for hydroxylation is 2. The number of aliphatic hydroxyl groups is 1. The lowest BCUT2D eigenvalue weighted by atomic mass is 10.0. The number of carbonyl (C=O) groups is 1. The summed E-state index contributed by atoms with van der Waals surface area (Å²) in [6.45, 7) is 7.10. The molecule has 0 bridgehead atoms. The van der Waals surface area contributed by atoms with Gasteiger partial charge in [-0.1, -0.05) is 48.9 Å². The third-order valence-electron chi connectivity index (χ3n) is 4.63. The van der Waals surface area contributed by atoms with E-state index in [1.807, 2.05) is 38.1 Å². The molecule has 0 radical (unpaired) electrons. The first-order valence-corrected chi connectivity index (χ1v) is 10.8. The molecule has 2 rings (SSSR count). The number of nitrogens with one attached hydrogen (secondary N) is 2. The summed E-state index contributed by atoms with van der Waals surface area (Å²) < 4.78 is 27.5. The summed E-state index contributed by atoms with van der Waals surface area (Å²) in [7, 11) is -3.95. The van der Waals surface area contributed by atoms with Crippen LogP contribution in [0.1, 0.15) is 43.5 Å². The van der Waals surface area contributed by atoms with Gasteiger partial charge in [0.15, 0.2) is 0 Å². The molecule has 28 heavy (non-hydrogen) atoms. The fourth-order valence-corrected chi connectivity index (χ4v) is 4.02. The largest absolute Gasteiger partial charge is 0.391 e. The van der Waals surface area contributed by atoms with Crippen LogP contribution in [0.25, 0.3) is 0 Å². The molecule has 0 saturated carbocycles. The Morgan fingerprint density at radius 2 is 1.61 bits per heavy atom. The molecule has 0 aliphatic heterocycles. The van der Waals surface area contributed by atoms with Gasteiger partial charge in [-0.3, -0.25) is 4.79 Å². The molecule has 1 amide bonds. The third kappa shape index (κ3) is 5.64. The van der Waals surface area contributed by atoms with Gasteiger partial charge in [0.25, 0.3) is 0 Å². The first-order valence-electron chi connectivity index (χ1n) is 9.30. The Morgan fingerprint density at radius 1 is 1.04 bits per heavy atom. The van der Waals surface area contributed by atoms with Gasteiger partial charge < -0.3 is 10.4 Å². The standard InChI is InChI=1S/C21H28N2O4S/c1-5-17-8-10-18(11-9-17)15(3)22-21(25)20(16(4)24)23-28(26,27)19-12-6-14(2)7-13-19/h6-13,15-16,20,23-24H,5H2,1-4H3,(H,22,25). The summed E-state index contributed by atoms with van der Waals surface area (Å²) in [4.78, 5) is 12.7. The molecule has 152 valence electrons. The molecular formula is C21H28N2O4S. The van der Waals surface area contributed by atoms with Crippen LogP contribution in [-0.4, -0.2) is 31.6 Å². The van der Waals surface area contributed by atoms with Crippen molar-refractivity contribution in [3.05, 3.63) is 65.2 Å². The Hall–Kier alpha value is -2.22. The Morgan fingerprint density at radius 3 is 2.11 bits per heavy atom. The number of aliphatic hydroxyl groups excluding tert-OH is 1. The fourth-order valence-electron chi connectivity index (χ4n) is 2.75. The number of hydrogen-bond donors (Lipinski definition) is 3. The van der Waals surface area contributed by atoms with Crippen LogP contribution in [0.4, 0.5) is 0 Å². The van der Waals surface area contributed by atoms with Crippen LogP contribution >= 0.6 is 0 Å². The van der Waals surface area contributed by atoms with Crippen molar-refractivity contribution in [2.24, 2.45) is 0 Å². The molecule has 0 aliphatic rings. The quantitative estimate of drug-likeness (QED) is 0.630. The van der Waals surface area contributed by atoms with Crippen LogP contribution in [0.5, 0.6) is 0 Å². The van der Waals surface area contributed by atoms with Crippen molar-refractivity contribution in [3.8, 4) is 0 Å². The number of carbonyl (C=O) groups excluding carboxylic acids is 1. The van der Waals surface area contributed by atoms with Gasteiger partial charge in [0, 0.05) is 0 Å². The van der Waals surface area contributed by atoms with E-state index in [4.69, 9.17) is 0 Å². The number of amides is 1. The second kappa shape index (κ2) is 9.32. The van der Waals surface area contributed by atoms with E-state index in [0.717, 1.165) is 17.5 Å². The van der Waals surface area contributed by atoms with E-state index in [1.165, 1.54) is 24.6 Å². The van der Waals surface area contributed by atoms with Gasteiger partial charge in [0.05, 0.1) is 17.0 Å². The smallest absolute Gasteiger partial charge is 0.241 e. The van der Waals surface area contributed by atoms with Crippen molar-refractivity contribution in [2.75, 3.05) is 0 Å². The van der Waals surface area contributed by atoms with Gasteiger partial charge in [0.2, 0.25) is 15.9 Å². The first-order chi connectivity index (χ1) is 13.1.